The van der Waals surface area contributed by atoms with Gasteiger partial charge in [0.1, 0.15) is 0 Å². The van der Waals surface area contributed by atoms with Crippen LogP contribution in [0.5, 0.6) is 0 Å². The number of para-hydroxylation sites is 2. The van der Waals surface area contributed by atoms with Crippen LogP contribution in [0, 0.1) is 0 Å². The van der Waals surface area contributed by atoms with Crippen molar-refractivity contribution in [3.63, 3.8) is 0 Å². The van der Waals surface area contributed by atoms with Gasteiger partial charge in [0, 0.05) is 41.3 Å². The van der Waals surface area contributed by atoms with Crippen LogP contribution in [0.4, 0.5) is 22.7 Å². The van der Waals surface area contributed by atoms with Crippen molar-refractivity contribution >= 4 is 49.9 Å². The summed E-state index contributed by atoms with van der Waals surface area (Å²) in [6, 6.07) is 64.9. The number of aryl methyl sites for hydroxylation is 2. The molecule has 0 saturated heterocycles. The summed E-state index contributed by atoms with van der Waals surface area (Å²) in [7, 11) is 0. The fraction of sp³-hybridized carbons (Fsp3) is 0.148. The first-order valence-corrected chi connectivity index (χ1v) is 22.8. The summed E-state index contributed by atoms with van der Waals surface area (Å²) in [6.07, 6.45) is 4.50. The average molecular weight is 809 g/mol. The van der Waals surface area contributed by atoms with Gasteiger partial charge in [0.15, 0.2) is 0 Å². The first-order chi connectivity index (χ1) is 30.9. The quantitative estimate of drug-likeness (QED) is 0.163. The van der Waals surface area contributed by atoms with Gasteiger partial charge in [0.25, 0.3) is 0 Å². The largest absolute Gasteiger partial charge is 0.341 e. The number of fused-ring (bicyclic) bond motifs is 10. The predicted molar refractivity (Wildman–Crippen MR) is 267 cm³/mol. The third-order valence-corrected chi connectivity index (χ3v) is 15.0. The van der Waals surface area contributed by atoms with Crippen LogP contribution in [0.25, 0.3) is 71.6 Å². The van der Waals surface area contributed by atoms with Crippen LogP contribution in [-0.4, -0.2) is 13.1 Å². The van der Waals surface area contributed by atoms with Crippen LogP contribution < -0.4 is 9.80 Å². The fourth-order valence-electron chi connectivity index (χ4n) is 11.9. The molecule has 9 aromatic rings. The molecule has 2 aliphatic heterocycles. The maximum absolute atomic E-state index is 4.67. The minimum Gasteiger partial charge on any atom is -0.341 e. The molecule has 63 heavy (non-hydrogen) atoms. The second-order valence-corrected chi connectivity index (χ2v) is 18.7. The van der Waals surface area contributed by atoms with E-state index in [1.807, 2.05) is 0 Å². The molecule has 2 heterocycles. The number of rotatable bonds is 4. The lowest BCUT2D eigenvalue weighted by atomic mass is 9.80. The lowest BCUT2D eigenvalue weighted by Crippen LogP contribution is -2.24. The Labute approximate surface area is 370 Å². The van der Waals surface area contributed by atoms with Crippen molar-refractivity contribution in [3.05, 3.63) is 210 Å². The SMILES string of the molecule is C=C1c2ccccc2-c2ccc(-c3c4ccc(N5CCCc6ccccc65)cc4c(-c4ccc5c(c4)C(C)(C)c4ccccc4-5)c4ccc(N5CCCc6ccccc65)cc34)cc21. The van der Waals surface area contributed by atoms with Crippen molar-refractivity contribution in [1.82, 2.24) is 0 Å². The summed E-state index contributed by atoms with van der Waals surface area (Å²) in [6.45, 7) is 11.5. The molecule has 4 aliphatic rings. The van der Waals surface area contributed by atoms with Crippen molar-refractivity contribution in [2.75, 3.05) is 22.9 Å². The normalized spacial score (nSPS) is 15.5. The molecule has 0 bridgehead atoms. The fourth-order valence-corrected chi connectivity index (χ4v) is 11.9. The van der Waals surface area contributed by atoms with Crippen LogP contribution in [0.2, 0.25) is 0 Å². The van der Waals surface area contributed by atoms with Gasteiger partial charge in [-0.15, -0.1) is 0 Å². The molecule has 0 unspecified atom stereocenters. The molecule has 0 N–H and O–H groups in total. The number of anilines is 4. The van der Waals surface area contributed by atoms with Crippen LogP contribution in [-0.2, 0) is 18.3 Å². The van der Waals surface area contributed by atoms with Gasteiger partial charge in [-0.3, -0.25) is 0 Å². The number of benzene rings is 9. The van der Waals surface area contributed by atoms with Crippen LogP contribution in [0.1, 0.15) is 60.1 Å². The molecule has 0 aromatic heterocycles. The zero-order chi connectivity index (χ0) is 42.0. The Kier molecular flexibility index (Phi) is 7.92. The predicted octanol–water partition coefficient (Wildman–Crippen LogP) is 15.8. The summed E-state index contributed by atoms with van der Waals surface area (Å²) in [5, 5.41) is 5.11. The van der Waals surface area contributed by atoms with Gasteiger partial charge in [-0.25, -0.2) is 0 Å². The van der Waals surface area contributed by atoms with Gasteiger partial charge >= 0.3 is 0 Å². The van der Waals surface area contributed by atoms with E-state index in [4.69, 9.17) is 0 Å². The number of hydrogen-bond donors (Lipinski definition) is 0. The molecular formula is C61H48N2. The van der Waals surface area contributed by atoms with Gasteiger partial charge in [0.05, 0.1) is 0 Å². The molecule has 2 nitrogen and oxygen atoms in total. The zero-order valence-corrected chi connectivity index (χ0v) is 36.0. The Morgan fingerprint density at radius 2 is 0.905 bits per heavy atom. The Morgan fingerprint density at radius 3 is 1.54 bits per heavy atom. The van der Waals surface area contributed by atoms with E-state index in [9.17, 15) is 0 Å². The molecule has 0 fully saturated rings. The minimum atomic E-state index is -0.116. The molecule has 0 radical (unpaired) electrons. The molecule has 0 atom stereocenters. The molecular weight excluding hydrogens is 761 g/mol. The first kappa shape index (κ1) is 36.5. The highest BCUT2D eigenvalue weighted by Gasteiger charge is 2.36. The molecule has 0 saturated carbocycles. The summed E-state index contributed by atoms with van der Waals surface area (Å²) in [4.78, 5) is 5.11. The van der Waals surface area contributed by atoms with Crippen molar-refractivity contribution in [3.8, 4) is 44.5 Å². The molecule has 0 spiro atoms. The van der Waals surface area contributed by atoms with Gasteiger partial charge in [-0.05, 0) is 179 Å². The Bertz CT molecular complexity index is 3420. The second kappa shape index (κ2) is 13.7. The Hall–Kier alpha value is -7.16. The average Bonchev–Trinajstić information content (AvgIpc) is 3.75. The second-order valence-electron chi connectivity index (χ2n) is 18.7. The van der Waals surface area contributed by atoms with E-state index in [2.05, 4.69) is 200 Å². The van der Waals surface area contributed by atoms with Gasteiger partial charge < -0.3 is 9.80 Å². The van der Waals surface area contributed by atoms with Crippen molar-refractivity contribution < 1.29 is 0 Å². The molecule has 9 aromatic carbocycles. The molecule has 2 aliphatic carbocycles. The summed E-state index contributed by atoms with van der Waals surface area (Å²) in [5.74, 6) is 0. The lowest BCUT2D eigenvalue weighted by molar-refractivity contribution is 0.660. The van der Waals surface area contributed by atoms with E-state index in [0.717, 1.165) is 44.3 Å². The maximum Gasteiger partial charge on any atom is 0.0443 e. The minimum absolute atomic E-state index is 0.116. The molecule has 0 amide bonds. The van der Waals surface area contributed by atoms with Crippen LogP contribution >= 0.6 is 0 Å². The third kappa shape index (κ3) is 5.37. The Morgan fingerprint density at radius 1 is 0.413 bits per heavy atom. The van der Waals surface area contributed by atoms with Gasteiger partial charge in [-0.2, -0.15) is 0 Å². The molecule has 302 valence electrons. The first-order valence-electron chi connectivity index (χ1n) is 22.8. The van der Waals surface area contributed by atoms with Crippen molar-refractivity contribution in [2.24, 2.45) is 0 Å². The van der Waals surface area contributed by atoms with Crippen LogP contribution in [0.15, 0.2) is 176 Å². The summed E-state index contributed by atoms with van der Waals surface area (Å²) in [5.41, 5.74) is 24.5. The smallest absolute Gasteiger partial charge is 0.0443 e. The van der Waals surface area contributed by atoms with Crippen LogP contribution in [0.3, 0.4) is 0 Å². The third-order valence-electron chi connectivity index (χ3n) is 15.0. The van der Waals surface area contributed by atoms with E-state index < -0.39 is 0 Å². The van der Waals surface area contributed by atoms with Gasteiger partial charge in [0.2, 0.25) is 0 Å². The van der Waals surface area contributed by atoms with E-state index in [0.29, 0.717) is 0 Å². The van der Waals surface area contributed by atoms with E-state index in [1.165, 1.54) is 122 Å². The summed E-state index contributed by atoms with van der Waals surface area (Å²) < 4.78 is 0. The highest BCUT2D eigenvalue weighted by molar-refractivity contribution is 6.23. The summed E-state index contributed by atoms with van der Waals surface area (Å²) >= 11 is 0. The van der Waals surface area contributed by atoms with E-state index in [1.54, 1.807) is 0 Å². The molecule has 13 rings (SSSR count). The maximum atomic E-state index is 4.67. The van der Waals surface area contributed by atoms with E-state index >= 15 is 0 Å². The lowest BCUT2D eigenvalue weighted by Gasteiger charge is -2.32. The standard InChI is InChI=1S/C61H48N2/c1-38-45-18-6-7-19-46(45)47-28-24-41(34-52(38)47)59-50-30-26-44(63-33-13-17-40-15-5-11-23-58(40)63)37-54(50)60(42-25-29-49-48-20-8-9-21-55(48)61(2,3)56(49)35-42)51-31-27-43(36-53(51)59)62-32-12-16-39-14-4-10-22-57(39)62/h4-11,14-15,18-31,34-37H,1,12-13,16-17,32-33H2,2-3H3. The van der Waals surface area contributed by atoms with E-state index in [-0.39, 0.29) is 5.41 Å². The highest BCUT2D eigenvalue weighted by atomic mass is 15.1. The van der Waals surface area contributed by atoms with Crippen molar-refractivity contribution in [2.45, 2.75) is 44.9 Å². The Balaban J connectivity index is 1.12. The zero-order valence-electron chi connectivity index (χ0n) is 36.0. The monoisotopic (exact) mass is 808 g/mol. The number of nitrogens with zero attached hydrogens (tertiary/aromatic N) is 2. The van der Waals surface area contributed by atoms with Gasteiger partial charge in [-0.1, -0.05) is 142 Å². The number of hydrogen-bond acceptors (Lipinski definition) is 2. The van der Waals surface area contributed by atoms with Crippen molar-refractivity contribution in [1.29, 1.82) is 0 Å². The topological polar surface area (TPSA) is 6.48 Å². The molecule has 2 heteroatoms. The highest BCUT2D eigenvalue weighted by Crippen LogP contribution is 2.53.